The van der Waals surface area contributed by atoms with Crippen molar-refractivity contribution in [2.45, 2.75) is 52.9 Å². The number of rotatable bonds is 12. The molecule has 0 saturated heterocycles. The van der Waals surface area contributed by atoms with Crippen LogP contribution in [-0.2, 0) is 6.42 Å². The van der Waals surface area contributed by atoms with E-state index in [2.05, 4.69) is 29.5 Å². The lowest BCUT2D eigenvalue weighted by Gasteiger charge is -2.10. The van der Waals surface area contributed by atoms with E-state index in [-0.39, 0.29) is 11.6 Å². The van der Waals surface area contributed by atoms with E-state index in [0.717, 1.165) is 81.6 Å². The van der Waals surface area contributed by atoms with Crippen molar-refractivity contribution in [3.05, 3.63) is 102 Å². The predicted octanol–water partition coefficient (Wildman–Crippen LogP) is 11.9. The zero-order valence-electron chi connectivity index (χ0n) is 25.8. The van der Waals surface area contributed by atoms with Crippen molar-refractivity contribution in [3.8, 4) is 48.9 Å². The molecule has 6 aromatic rings. The summed E-state index contributed by atoms with van der Waals surface area (Å²) >= 11 is 2.63. The number of halogens is 2. The van der Waals surface area contributed by atoms with Crippen LogP contribution in [0.2, 0.25) is 0 Å². The van der Waals surface area contributed by atoms with E-state index < -0.39 is 0 Å². The Labute approximate surface area is 271 Å². The van der Waals surface area contributed by atoms with Crippen LogP contribution in [0.4, 0.5) is 8.78 Å². The number of nitrogens with zero attached hydrogens (tertiary/aromatic N) is 2. The average molecular weight is 639 g/mol. The molecule has 0 saturated carbocycles. The molecule has 1 unspecified atom stereocenters. The summed E-state index contributed by atoms with van der Waals surface area (Å²) in [6.45, 7) is 7.25. The Bertz CT molecular complexity index is 1910. The molecule has 0 bridgehead atoms. The maximum absolute atomic E-state index is 15.6. The third-order valence-electron chi connectivity index (χ3n) is 8.42. The molecule has 45 heavy (non-hydrogen) atoms. The van der Waals surface area contributed by atoms with Crippen LogP contribution < -0.4 is 4.74 Å². The summed E-state index contributed by atoms with van der Waals surface area (Å²) in [5.74, 6) is 0.928. The molecule has 0 aliphatic heterocycles. The first-order valence-corrected chi connectivity index (χ1v) is 17.2. The van der Waals surface area contributed by atoms with Gasteiger partial charge in [0.05, 0.1) is 18.3 Å². The van der Waals surface area contributed by atoms with Crippen LogP contribution in [0.1, 0.15) is 52.0 Å². The second kappa shape index (κ2) is 14.0. The molecule has 230 valence electrons. The van der Waals surface area contributed by atoms with E-state index >= 15 is 8.78 Å². The summed E-state index contributed by atoms with van der Waals surface area (Å²) in [6.07, 6.45) is 5.17. The van der Waals surface area contributed by atoms with Gasteiger partial charge >= 0.3 is 0 Å². The van der Waals surface area contributed by atoms with Crippen molar-refractivity contribution in [1.82, 2.24) is 8.75 Å². The molecule has 0 spiro atoms. The minimum absolute atomic E-state index is 0.198. The molecule has 1 atom stereocenters. The zero-order valence-corrected chi connectivity index (χ0v) is 27.4. The van der Waals surface area contributed by atoms with Crippen LogP contribution >= 0.6 is 23.1 Å². The van der Waals surface area contributed by atoms with Gasteiger partial charge in [0, 0.05) is 32.0 Å². The van der Waals surface area contributed by atoms with Gasteiger partial charge in [0.1, 0.15) is 28.4 Å². The van der Waals surface area contributed by atoms with Gasteiger partial charge in [0.15, 0.2) is 0 Å². The molecule has 2 aromatic heterocycles. The molecule has 0 aliphatic rings. The first-order chi connectivity index (χ1) is 21.9. The second-order valence-corrected chi connectivity index (χ2v) is 13.2. The van der Waals surface area contributed by atoms with Gasteiger partial charge < -0.3 is 4.74 Å². The fourth-order valence-corrected chi connectivity index (χ4v) is 7.07. The summed E-state index contributed by atoms with van der Waals surface area (Å²) in [6, 6.07) is 26.5. The molecular weight excluding hydrogens is 603 g/mol. The predicted molar refractivity (Wildman–Crippen MR) is 185 cm³/mol. The Morgan fingerprint density at radius 3 is 2.07 bits per heavy atom. The van der Waals surface area contributed by atoms with Gasteiger partial charge in [-0.25, -0.2) is 8.78 Å². The van der Waals surface area contributed by atoms with Crippen molar-refractivity contribution >= 4 is 34.1 Å². The lowest BCUT2D eigenvalue weighted by Crippen LogP contribution is -1.96. The van der Waals surface area contributed by atoms with Crippen LogP contribution in [-0.4, -0.2) is 15.4 Å². The first kappa shape index (κ1) is 31.1. The smallest absolute Gasteiger partial charge is 0.132 e. The number of ether oxygens (including phenoxy) is 1. The fraction of sp³-hybridized carbons (Fsp3) is 0.263. The summed E-state index contributed by atoms with van der Waals surface area (Å²) in [5, 5.41) is 0. The van der Waals surface area contributed by atoms with Gasteiger partial charge in [0.2, 0.25) is 0 Å². The van der Waals surface area contributed by atoms with Crippen molar-refractivity contribution in [2.75, 3.05) is 6.61 Å². The molecule has 6 rings (SSSR count). The molecule has 3 nitrogen and oxygen atoms in total. The Morgan fingerprint density at radius 1 is 0.711 bits per heavy atom. The molecule has 0 radical (unpaired) electrons. The van der Waals surface area contributed by atoms with Crippen LogP contribution in [0.5, 0.6) is 5.75 Å². The zero-order chi connectivity index (χ0) is 31.3. The number of aryl methyl sites for hydroxylation is 1. The quantitative estimate of drug-likeness (QED) is 0.125. The number of fused-ring (bicyclic) bond motifs is 1. The third kappa shape index (κ3) is 6.85. The SMILES string of the molecule is CCCCOc1ccc(-c2ccc(-c3ccc(-c4ccc(-c5ccc(CCC(C)CC)cc5F)s4)c4nsnc34)c(F)c2)cc1. The van der Waals surface area contributed by atoms with Gasteiger partial charge in [-0.1, -0.05) is 82.1 Å². The maximum atomic E-state index is 15.6. The van der Waals surface area contributed by atoms with Crippen molar-refractivity contribution in [1.29, 1.82) is 0 Å². The van der Waals surface area contributed by atoms with Gasteiger partial charge in [-0.3, -0.25) is 0 Å². The van der Waals surface area contributed by atoms with Crippen LogP contribution in [0.15, 0.2) is 84.9 Å². The summed E-state index contributed by atoms with van der Waals surface area (Å²) in [4.78, 5) is 1.83. The number of hydrogen-bond acceptors (Lipinski definition) is 5. The van der Waals surface area contributed by atoms with Gasteiger partial charge in [-0.2, -0.15) is 8.75 Å². The topological polar surface area (TPSA) is 35.0 Å². The monoisotopic (exact) mass is 638 g/mol. The maximum Gasteiger partial charge on any atom is 0.132 e. The van der Waals surface area contributed by atoms with E-state index in [1.54, 1.807) is 12.1 Å². The lowest BCUT2D eigenvalue weighted by molar-refractivity contribution is 0.309. The largest absolute Gasteiger partial charge is 0.494 e. The van der Waals surface area contributed by atoms with E-state index in [4.69, 9.17) is 4.74 Å². The highest BCUT2D eigenvalue weighted by atomic mass is 32.1. The standard InChI is InChI=1S/C38H36F2N2OS2/c1-4-6-21-43-28-13-10-26(11-14-28)27-12-16-29(34(40)23-27)30-17-18-32(38-37(30)41-45-42-38)36-20-19-35(44-36)31-15-9-25(22-33(31)39)8-7-24(3)5-2/h9-20,22-24H,4-8,21H2,1-3H3. The highest BCUT2D eigenvalue weighted by molar-refractivity contribution is 7.19. The summed E-state index contributed by atoms with van der Waals surface area (Å²) in [5.41, 5.74) is 6.80. The normalized spacial score (nSPS) is 12.1. The number of benzene rings is 4. The molecule has 0 fully saturated rings. The molecule has 0 N–H and O–H groups in total. The first-order valence-electron chi connectivity index (χ1n) is 15.6. The van der Waals surface area contributed by atoms with E-state index in [1.165, 1.54) is 11.3 Å². The van der Waals surface area contributed by atoms with Crippen molar-refractivity contribution in [3.63, 3.8) is 0 Å². The number of unbranched alkanes of at least 4 members (excludes halogenated alkanes) is 1. The molecule has 2 heterocycles. The minimum Gasteiger partial charge on any atom is -0.494 e. The molecular formula is C38H36F2N2OS2. The summed E-state index contributed by atoms with van der Waals surface area (Å²) in [7, 11) is 0. The molecule has 0 aliphatic carbocycles. The lowest BCUT2D eigenvalue weighted by atomic mass is 9.97. The second-order valence-electron chi connectivity index (χ2n) is 11.6. The highest BCUT2D eigenvalue weighted by Gasteiger charge is 2.18. The Hall–Kier alpha value is -3.94. The van der Waals surface area contributed by atoms with Crippen molar-refractivity contribution < 1.29 is 13.5 Å². The Morgan fingerprint density at radius 2 is 1.36 bits per heavy atom. The third-order valence-corrected chi connectivity index (χ3v) is 10.1. The molecule has 7 heteroatoms. The number of aromatic nitrogens is 2. The molecule has 0 amide bonds. The number of thiophene rings is 1. The van der Waals surface area contributed by atoms with Crippen molar-refractivity contribution in [2.24, 2.45) is 5.92 Å². The summed E-state index contributed by atoms with van der Waals surface area (Å²) < 4.78 is 45.7. The van der Waals surface area contributed by atoms with Gasteiger partial charge in [-0.15, -0.1) is 11.3 Å². The van der Waals surface area contributed by atoms with E-state index in [1.807, 2.05) is 72.8 Å². The Balaban J connectivity index is 1.24. The van der Waals surface area contributed by atoms with Gasteiger partial charge in [-0.05, 0) is 78.3 Å². The Kier molecular flexibility index (Phi) is 9.67. The highest BCUT2D eigenvalue weighted by Crippen LogP contribution is 2.41. The number of hydrogen-bond donors (Lipinski definition) is 0. The van der Waals surface area contributed by atoms with Crippen LogP contribution in [0.3, 0.4) is 0 Å². The van der Waals surface area contributed by atoms with E-state index in [0.29, 0.717) is 40.2 Å². The van der Waals surface area contributed by atoms with Crippen LogP contribution in [0.25, 0.3) is 54.2 Å². The van der Waals surface area contributed by atoms with Crippen LogP contribution in [0, 0.1) is 17.6 Å². The molecule has 4 aromatic carbocycles. The van der Waals surface area contributed by atoms with Gasteiger partial charge in [0.25, 0.3) is 0 Å². The average Bonchev–Trinajstić information content (AvgIpc) is 3.75. The van der Waals surface area contributed by atoms with E-state index in [9.17, 15) is 0 Å². The fourth-order valence-electron chi connectivity index (χ4n) is 5.43. The minimum atomic E-state index is -0.320.